The van der Waals surface area contributed by atoms with Crippen LogP contribution in [0.4, 0.5) is 0 Å². The summed E-state index contributed by atoms with van der Waals surface area (Å²) in [6.45, 7) is 0.0122. The standard InChI is InChI=1S/C32H31BrN4O5S/c33-28-13-17-30(18-14-28)43(40,41)37(20-19-25-7-3-1-4-8-25)23-31(38)36-35-22-27-11-15-29(16-12-27)42-24-32(39)34-21-26-9-5-2-6-10-26/h1-18,22H,19-21,23-24H2,(H,34,39)(H,36,38)/b35-22+. The van der Waals surface area contributed by atoms with Crippen molar-refractivity contribution in [1.29, 1.82) is 0 Å². The van der Waals surface area contributed by atoms with Crippen LogP contribution in [-0.4, -0.2) is 50.4 Å². The first-order valence-electron chi connectivity index (χ1n) is 13.4. The average Bonchev–Trinajstić information content (AvgIpc) is 3.02. The molecule has 0 aliphatic heterocycles. The summed E-state index contributed by atoms with van der Waals surface area (Å²) in [7, 11) is -3.94. The number of rotatable bonds is 14. The number of hydrogen-bond acceptors (Lipinski definition) is 6. The van der Waals surface area contributed by atoms with E-state index in [1.54, 1.807) is 36.4 Å². The van der Waals surface area contributed by atoms with Crippen molar-refractivity contribution in [3.05, 3.63) is 130 Å². The van der Waals surface area contributed by atoms with Gasteiger partial charge in [0, 0.05) is 17.6 Å². The Balaban J connectivity index is 1.29. The number of hydrogen-bond donors (Lipinski definition) is 2. The Hall–Kier alpha value is -4.32. The topological polar surface area (TPSA) is 117 Å². The molecular weight excluding hydrogens is 632 g/mol. The molecule has 4 aromatic carbocycles. The van der Waals surface area contributed by atoms with Crippen LogP contribution in [0.3, 0.4) is 0 Å². The second-order valence-corrected chi connectivity index (χ2v) is 12.3. The van der Waals surface area contributed by atoms with Gasteiger partial charge in [0.15, 0.2) is 6.61 Å². The van der Waals surface area contributed by atoms with Crippen molar-refractivity contribution < 1.29 is 22.7 Å². The second-order valence-electron chi connectivity index (χ2n) is 9.44. The second kappa shape index (κ2) is 15.8. The number of nitrogens with zero attached hydrogens (tertiary/aromatic N) is 2. The molecule has 0 aromatic heterocycles. The molecule has 0 radical (unpaired) electrons. The lowest BCUT2D eigenvalue weighted by Gasteiger charge is -2.21. The summed E-state index contributed by atoms with van der Waals surface area (Å²) in [4.78, 5) is 24.9. The van der Waals surface area contributed by atoms with E-state index in [-0.39, 0.29) is 24.0 Å². The first-order valence-corrected chi connectivity index (χ1v) is 15.7. The van der Waals surface area contributed by atoms with Gasteiger partial charge >= 0.3 is 0 Å². The van der Waals surface area contributed by atoms with Gasteiger partial charge in [0.2, 0.25) is 10.0 Å². The molecule has 0 aliphatic rings. The molecular formula is C32H31BrN4O5S. The molecule has 43 heavy (non-hydrogen) atoms. The summed E-state index contributed by atoms with van der Waals surface area (Å²) < 4.78 is 34.2. The SMILES string of the molecule is O=C(COc1ccc(/C=N/NC(=O)CN(CCc2ccccc2)S(=O)(=O)c2ccc(Br)cc2)cc1)NCc1ccccc1. The Morgan fingerprint density at radius 3 is 2.09 bits per heavy atom. The number of nitrogens with one attached hydrogen (secondary N) is 2. The average molecular weight is 664 g/mol. The van der Waals surface area contributed by atoms with Crippen molar-refractivity contribution in [1.82, 2.24) is 15.0 Å². The van der Waals surface area contributed by atoms with E-state index < -0.39 is 22.5 Å². The van der Waals surface area contributed by atoms with Crippen molar-refractivity contribution >= 4 is 44.0 Å². The first-order chi connectivity index (χ1) is 20.8. The Morgan fingerprint density at radius 2 is 1.44 bits per heavy atom. The zero-order valence-corrected chi connectivity index (χ0v) is 25.6. The van der Waals surface area contributed by atoms with Crippen molar-refractivity contribution in [2.24, 2.45) is 5.10 Å². The number of carbonyl (C=O) groups excluding carboxylic acids is 2. The third-order valence-corrected chi connectivity index (χ3v) is 8.64. The molecule has 4 aromatic rings. The molecule has 0 heterocycles. The Morgan fingerprint density at radius 1 is 0.814 bits per heavy atom. The maximum absolute atomic E-state index is 13.4. The number of hydrazone groups is 1. The van der Waals surface area contributed by atoms with Gasteiger partial charge in [-0.25, -0.2) is 13.8 Å². The van der Waals surface area contributed by atoms with Gasteiger partial charge in [-0.2, -0.15) is 9.41 Å². The fraction of sp³-hybridized carbons (Fsp3) is 0.156. The van der Waals surface area contributed by atoms with E-state index in [1.807, 2.05) is 60.7 Å². The van der Waals surface area contributed by atoms with Crippen molar-refractivity contribution in [3.63, 3.8) is 0 Å². The minimum Gasteiger partial charge on any atom is -0.484 e. The van der Waals surface area contributed by atoms with Crippen LogP contribution in [0.2, 0.25) is 0 Å². The lowest BCUT2D eigenvalue weighted by Crippen LogP contribution is -2.40. The molecule has 9 nitrogen and oxygen atoms in total. The Bertz CT molecular complexity index is 1620. The lowest BCUT2D eigenvalue weighted by molar-refractivity contribution is -0.123. The summed E-state index contributed by atoms with van der Waals surface area (Å²) >= 11 is 3.32. The van der Waals surface area contributed by atoms with E-state index in [1.165, 1.54) is 18.3 Å². The van der Waals surface area contributed by atoms with Crippen LogP contribution >= 0.6 is 15.9 Å². The third kappa shape index (κ3) is 10.2. The van der Waals surface area contributed by atoms with E-state index >= 15 is 0 Å². The molecule has 222 valence electrons. The highest BCUT2D eigenvalue weighted by Crippen LogP contribution is 2.19. The van der Waals surface area contributed by atoms with Gasteiger partial charge < -0.3 is 10.1 Å². The smallest absolute Gasteiger partial charge is 0.258 e. The summed E-state index contributed by atoms with van der Waals surface area (Å²) in [6.07, 6.45) is 1.88. The number of benzene rings is 4. The molecule has 0 bridgehead atoms. The van der Waals surface area contributed by atoms with Crippen LogP contribution in [0.5, 0.6) is 5.75 Å². The van der Waals surface area contributed by atoms with Crippen LogP contribution < -0.4 is 15.5 Å². The molecule has 0 aliphatic carbocycles. The maximum Gasteiger partial charge on any atom is 0.258 e. The first kappa shape index (κ1) is 31.6. The highest BCUT2D eigenvalue weighted by atomic mass is 79.9. The van der Waals surface area contributed by atoms with E-state index in [0.29, 0.717) is 24.3 Å². The lowest BCUT2D eigenvalue weighted by atomic mass is 10.1. The highest BCUT2D eigenvalue weighted by Gasteiger charge is 2.26. The van der Waals surface area contributed by atoms with Crippen LogP contribution in [0, 0.1) is 0 Å². The monoisotopic (exact) mass is 662 g/mol. The highest BCUT2D eigenvalue weighted by molar-refractivity contribution is 9.10. The summed E-state index contributed by atoms with van der Waals surface area (Å²) in [6, 6.07) is 32.1. The molecule has 0 atom stereocenters. The van der Waals surface area contributed by atoms with Crippen LogP contribution in [-0.2, 0) is 32.6 Å². The van der Waals surface area contributed by atoms with Crippen molar-refractivity contribution in [3.8, 4) is 5.75 Å². The Kier molecular flexibility index (Phi) is 11.6. The number of carbonyl (C=O) groups is 2. The third-order valence-electron chi connectivity index (χ3n) is 6.25. The fourth-order valence-electron chi connectivity index (χ4n) is 3.96. The van der Waals surface area contributed by atoms with E-state index in [9.17, 15) is 18.0 Å². The van der Waals surface area contributed by atoms with Crippen LogP contribution in [0.1, 0.15) is 16.7 Å². The zero-order chi connectivity index (χ0) is 30.5. The fourth-order valence-corrected chi connectivity index (χ4v) is 5.62. The minimum absolute atomic E-state index is 0.0936. The predicted molar refractivity (Wildman–Crippen MR) is 169 cm³/mol. The molecule has 0 unspecified atom stereocenters. The number of sulfonamides is 1. The minimum atomic E-state index is -3.94. The quantitative estimate of drug-likeness (QED) is 0.152. The zero-order valence-electron chi connectivity index (χ0n) is 23.2. The van der Waals surface area contributed by atoms with Gasteiger partial charge in [0.1, 0.15) is 5.75 Å². The van der Waals surface area contributed by atoms with Crippen LogP contribution in [0.25, 0.3) is 0 Å². The molecule has 2 N–H and O–H groups in total. The molecule has 2 amide bonds. The molecule has 4 rings (SSSR count). The maximum atomic E-state index is 13.4. The summed E-state index contributed by atoms with van der Waals surface area (Å²) in [5.41, 5.74) is 5.03. The summed E-state index contributed by atoms with van der Waals surface area (Å²) in [5.74, 6) is -0.313. The largest absolute Gasteiger partial charge is 0.484 e. The van der Waals surface area contributed by atoms with E-state index in [2.05, 4.69) is 31.8 Å². The molecule has 0 spiro atoms. The van der Waals surface area contributed by atoms with Gasteiger partial charge in [-0.3, -0.25) is 9.59 Å². The van der Waals surface area contributed by atoms with Crippen LogP contribution in [0.15, 0.2) is 124 Å². The molecule has 0 fully saturated rings. The van der Waals surface area contributed by atoms with Crippen molar-refractivity contribution in [2.45, 2.75) is 17.9 Å². The van der Waals surface area contributed by atoms with E-state index in [0.717, 1.165) is 19.9 Å². The molecule has 11 heteroatoms. The van der Waals surface area contributed by atoms with Gasteiger partial charge in [-0.15, -0.1) is 0 Å². The number of ether oxygens (including phenoxy) is 1. The predicted octanol–water partition coefficient (Wildman–Crippen LogP) is 4.53. The van der Waals surface area contributed by atoms with Gasteiger partial charge in [0.25, 0.3) is 11.8 Å². The normalized spacial score (nSPS) is 11.4. The molecule has 0 saturated carbocycles. The van der Waals surface area contributed by atoms with Gasteiger partial charge in [-0.1, -0.05) is 76.6 Å². The van der Waals surface area contributed by atoms with Gasteiger partial charge in [-0.05, 0) is 71.6 Å². The number of amides is 2. The number of halogens is 1. The molecule has 0 saturated heterocycles. The summed E-state index contributed by atoms with van der Waals surface area (Å²) in [5, 5.41) is 6.78. The van der Waals surface area contributed by atoms with Crippen molar-refractivity contribution in [2.75, 3.05) is 19.7 Å². The Labute approximate surface area is 259 Å². The van der Waals surface area contributed by atoms with Gasteiger partial charge in [0.05, 0.1) is 17.7 Å². The van der Waals surface area contributed by atoms with E-state index in [4.69, 9.17) is 4.74 Å².